The zero-order valence-electron chi connectivity index (χ0n) is 14.6. The number of carbonyl (C=O) groups excluding carboxylic acids is 1. The summed E-state index contributed by atoms with van der Waals surface area (Å²) in [5, 5.41) is 0.586. The molecule has 27 heavy (non-hydrogen) atoms. The minimum absolute atomic E-state index is 0.125. The van der Waals surface area contributed by atoms with Crippen molar-refractivity contribution in [2.24, 2.45) is 0 Å². The van der Waals surface area contributed by atoms with Crippen LogP contribution in [-0.2, 0) is 16.9 Å². The van der Waals surface area contributed by atoms with Gasteiger partial charge in [0.05, 0.1) is 18.4 Å². The summed E-state index contributed by atoms with van der Waals surface area (Å²) in [5.74, 6) is 0.277. The lowest BCUT2D eigenvalue weighted by molar-refractivity contribution is 0.0600. The van der Waals surface area contributed by atoms with Gasteiger partial charge in [0, 0.05) is 12.2 Å². The number of hydrogen-bond acceptors (Lipinski definition) is 5. The molecule has 0 aliphatic heterocycles. The summed E-state index contributed by atoms with van der Waals surface area (Å²) in [6, 6.07) is 17.2. The fourth-order valence-electron chi connectivity index (χ4n) is 2.46. The standard InChI is InChI=1S/C20H17IN2O3S/c1-26-19(25)15-9-7-14(8-10-15)12-27-20-22-16(17(21)18(24)23-20)11-13-5-3-2-4-6-13/h2-10H,11-12H2,1H3,(H,22,23,24). The van der Waals surface area contributed by atoms with Crippen molar-refractivity contribution in [2.45, 2.75) is 17.3 Å². The van der Waals surface area contributed by atoms with Crippen molar-refractivity contribution in [1.82, 2.24) is 9.97 Å². The van der Waals surface area contributed by atoms with E-state index < -0.39 is 0 Å². The molecular formula is C20H17IN2O3S. The first-order chi connectivity index (χ1) is 13.1. The Morgan fingerprint density at radius 1 is 1.11 bits per heavy atom. The number of benzene rings is 2. The number of H-pyrrole nitrogens is 1. The minimum atomic E-state index is -0.358. The molecule has 0 aliphatic carbocycles. The van der Waals surface area contributed by atoms with Crippen LogP contribution in [0.15, 0.2) is 64.5 Å². The number of nitrogens with zero attached hydrogens (tertiary/aromatic N) is 1. The average Bonchev–Trinajstić information content (AvgIpc) is 2.70. The van der Waals surface area contributed by atoms with E-state index in [1.165, 1.54) is 18.9 Å². The summed E-state index contributed by atoms with van der Waals surface area (Å²) < 4.78 is 5.31. The number of aromatic nitrogens is 2. The summed E-state index contributed by atoms with van der Waals surface area (Å²) in [7, 11) is 1.36. The Morgan fingerprint density at radius 3 is 2.48 bits per heavy atom. The van der Waals surface area contributed by atoms with Gasteiger partial charge in [0.15, 0.2) is 5.16 Å². The molecule has 1 N–H and O–H groups in total. The molecule has 5 nitrogen and oxygen atoms in total. The first-order valence-electron chi connectivity index (χ1n) is 8.19. The van der Waals surface area contributed by atoms with Gasteiger partial charge in [-0.25, -0.2) is 9.78 Å². The zero-order chi connectivity index (χ0) is 19.2. The molecule has 0 atom stereocenters. The van der Waals surface area contributed by atoms with Gasteiger partial charge in [-0.3, -0.25) is 4.79 Å². The number of rotatable bonds is 6. The fourth-order valence-corrected chi connectivity index (χ4v) is 3.75. The number of aromatic amines is 1. The SMILES string of the molecule is COC(=O)c1ccc(CSc2nc(Cc3ccccc3)c(I)c(=O)[nH]2)cc1. The largest absolute Gasteiger partial charge is 0.465 e. The van der Waals surface area contributed by atoms with Crippen molar-refractivity contribution < 1.29 is 9.53 Å². The average molecular weight is 492 g/mol. The lowest BCUT2D eigenvalue weighted by atomic mass is 10.1. The third kappa shape index (κ3) is 5.20. The third-order valence-corrected chi connectivity index (χ3v) is 5.93. The van der Waals surface area contributed by atoms with E-state index >= 15 is 0 Å². The Morgan fingerprint density at radius 2 is 1.81 bits per heavy atom. The molecule has 7 heteroatoms. The second-order valence-electron chi connectivity index (χ2n) is 5.77. The van der Waals surface area contributed by atoms with E-state index in [0.717, 1.165) is 16.8 Å². The highest BCUT2D eigenvalue weighted by Gasteiger charge is 2.11. The number of methoxy groups -OCH3 is 1. The van der Waals surface area contributed by atoms with Gasteiger partial charge in [0.25, 0.3) is 5.56 Å². The Bertz CT molecular complexity index is 988. The first kappa shape index (κ1) is 19.6. The highest BCUT2D eigenvalue weighted by atomic mass is 127. The maximum atomic E-state index is 12.2. The van der Waals surface area contributed by atoms with Gasteiger partial charge in [-0.2, -0.15) is 0 Å². The Kier molecular flexibility index (Phi) is 6.68. The predicted molar refractivity (Wildman–Crippen MR) is 114 cm³/mol. The van der Waals surface area contributed by atoms with Crippen LogP contribution in [0.2, 0.25) is 0 Å². The molecular weight excluding hydrogens is 475 g/mol. The Labute approximate surface area is 174 Å². The number of carbonyl (C=O) groups is 1. The van der Waals surface area contributed by atoms with Crippen molar-refractivity contribution in [1.29, 1.82) is 0 Å². The molecule has 0 amide bonds. The highest BCUT2D eigenvalue weighted by molar-refractivity contribution is 14.1. The van der Waals surface area contributed by atoms with Gasteiger partial charge in [-0.15, -0.1) is 0 Å². The molecule has 0 saturated heterocycles. The molecule has 138 valence electrons. The first-order valence-corrected chi connectivity index (χ1v) is 10.3. The fraction of sp³-hybridized carbons (Fsp3) is 0.150. The number of ether oxygens (including phenoxy) is 1. The van der Waals surface area contributed by atoms with E-state index in [1.807, 2.05) is 65.1 Å². The van der Waals surface area contributed by atoms with E-state index in [1.54, 1.807) is 12.1 Å². The second kappa shape index (κ2) is 9.18. The van der Waals surface area contributed by atoms with Crippen molar-refractivity contribution in [3.05, 3.63) is 90.9 Å². The van der Waals surface area contributed by atoms with E-state index in [0.29, 0.717) is 26.5 Å². The van der Waals surface area contributed by atoms with Gasteiger partial charge in [-0.05, 0) is 45.9 Å². The topological polar surface area (TPSA) is 72.0 Å². The van der Waals surface area contributed by atoms with Crippen LogP contribution in [0.1, 0.15) is 27.2 Å². The monoisotopic (exact) mass is 492 g/mol. The van der Waals surface area contributed by atoms with Gasteiger partial charge in [0.1, 0.15) is 3.57 Å². The van der Waals surface area contributed by atoms with E-state index in [4.69, 9.17) is 4.74 Å². The number of nitrogens with one attached hydrogen (secondary N) is 1. The molecule has 0 aliphatic rings. The van der Waals surface area contributed by atoms with E-state index in [2.05, 4.69) is 9.97 Å². The molecule has 1 aromatic heterocycles. The molecule has 0 radical (unpaired) electrons. The summed E-state index contributed by atoms with van der Waals surface area (Å²) in [6.07, 6.45) is 0.615. The molecule has 0 bridgehead atoms. The molecule has 0 saturated carbocycles. The number of thioether (sulfide) groups is 1. The minimum Gasteiger partial charge on any atom is -0.465 e. The zero-order valence-corrected chi connectivity index (χ0v) is 17.5. The summed E-state index contributed by atoms with van der Waals surface area (Å²) >= 11 is 3.50. The van der Waals surface area contributed by atoms with E-state index in [-0.39, 0.29) is 11.5 Å². The van der Waals surface area contributed by atoms with Gasteiger partial charge in [-0.1, -0.05) is 54.2 Å². The van der Waals surface area contributed by atoms with Crippen LogP contribution >= 0.6 is 34.4 Å². The van der Waals surface area contributed by atoms with Crippen molar-refractivity contribution in [3.8, 4) is 0 Å². The van der Waals surface area contributed by atoms with Crippen LogP contribution in [0.5, 0.6) is 0 Å². The molecule has 0 spiro atoms. The maximum Gasteiger partial charge on any atom is 0.337 e. The summed E-state index contributed by atoms with van der Waals surface area (Å²) in [5.41, 5.74) is 3.30. The van der Waals surface area contributed by atoms with Crippen LogP contribution in [-0.4, -0.2) is 23.0 Å². The number of halogens is 1. The van der Waals surface area contributed by atoms with Gasteiger partial charge in [0.2, 0.25) is 0 Å². The van der Waals surface area contributed by atoms with Crippen LogP contribution in [0.3, 0.4) is 0 Å². The van der Waals surface area contributed by atoms with Crippen molar-refractivity contribution in [2.75, 3.05) is 7.11 Å². The maximum absolute atomic E-state index is 12.2. The number of hydrogen-bond donors (Lipinski definition) is 1. The molecule has 0 fully saturated rings. The number of esters is 1. The quantitative estimate of drug-likeness (QED) is 0.244. The van der Waals surface area contributed by atoms with Crippen LogP contribution in [0.4, 0.5) is 0 Å². The van der Waals surface area contributed by atoms with Crippen LogP contribution in [0, 0.1) is 3.57 Å². The molecule has 3 rings (SSSR count). The summed E-state index contributed by atoms with van der Waals surface area (Å²) in [4.78, 5) is 31.2. The van der Waals surface area contributed by atoms with Gasteiger partial charge < -0.3 is 9.72 Å². The predicted octanol–water partition coefficient (Wildman–Crippen LogP) is 4.04. The highest BCUT2D eigenvalue weighted by Crippen LogP contribution is 2.21. The van der Waals surface area contributed by atoms with Crippen LogP contribution < -0.4 is 5.56 Å². The Hall–Kier alpha value is -2.13. The third-order valence-electron chi connectivity index (χ3n) is 3.87. The normalized spacial score (nSPS) is 10.6. The Balaban J connectivity index is 1.73. The van der Waals surface area contributed by atoms with Gasteiger partial charge >= 0.3 is 5.97 Å². The second-order valence-corrected chi connectivity index (χ2v) is 7.81. The molecule has 1 heterocycles. The van der Waals surface area contributed by atoms with E-state index in [9.17, 15) is 9.59 Å². The molecule has 0 unspecified atom stereocenters. The summed E-state index contributed by atoms with van der Waals surface area (Å²) in [6.45, 7) is 0. The van der Waals surface area contributed by atoms with Crippen molar-refractivity contribution in [3.63, 3.8) is 0 Å². The molecule has 3 aromatic rings. The van der Waals surface area contributed by atoms with Crippen molar-refractivity contribution >= 4 is 40.3 Å². The lowest BCUT2D eigenvalue weighted by Crippen LogP contribution is -2.16. The van der Waals surface area contributed by atoms with Crippen LogP contribution in [0.25, 0.3) is 0 Å². The smallest absolute Gasteiger partial charge is 0.337 e. The lowest BCUT2D eigenvalue weighted by Gasteiger charge is -2.07. The molecule has 2 aromatic carbocycles.